The van der Waals surface area contributed by atoms with Crippen LogP contribution in [0.4, 0.5) is 5.00 Å². The molecule has 28 heavy (non-hydrogen) atoms. The Morgan fingerprint density at radius 2 is 2.07 bits per heavy atom. The van der Waals surface area contributed by atoms with Crippen LogP contribution in [0.15, 0.2) is 0 Å². The Bertz CT molecular complexity index is 858. The van der Waals surface area contributed by atoms with Gasteiger partial charge in [-0.05, 0) is 31.2 Å². The fourth-order valence-corrected chi connectivity index (χ4v) is 5.50. The average molecular weight is 401 g/mol. The maximum atomic E-state index is 12.6. The van der Waals surface area contributed by atoms with Crippen molar-refractivity contribution < 1.29 is 14.4 Å². The zero-order valence-corrected chi connectivity index (χ0v) is 16.4. The van der Waals surface area contributed by atoms with Crippen molar-refractivity contribution in [1.82, 2.24) is 15.1 Å². The van der Waals surface area contributed by atoms with Gasteiger partial charge < -0.3 is 15.5 Å². The highest BCUT2D eigenvalue weighted by Gasteiger charge is 2.37. The predicted octanol–water partition coefficient (Wildman–Crippen LogP) is 0.470. The summed E-state index contributed by atoms with van der Waals surface area (Å²) in [5.74, 6) is -1.18. The molecule has 3 heterocycles. The number of nitrogens with one attached hydrogen (secondary N) is 2. The lowest BCUT2D eigenvalue weighted by molar-refractivity contribution is -0.152. The van der Waals surface area contributed by atoms with Gasteiger partial charge in [0.15, 0.2) is 0 Å². The summed E-state index contributed by atoms with van der Waals surface area (Å²) in [4.78, 5) is 40.8. The number of nitrogens with zero attached hydrogens (tertiary/aromatic N) is 3. The molecule has 148 valence electrons. The molecule has 2 saturated heterocycles. The van der Waals surface area contributed by atoms with E-state index in [0.29, 0.717) is 36.7 Å². The van der Waals surface area contributed by atoms with Gasteiger partial charge in [-0.25, -0.2) is 0 Å². The van der Waals surface area contributed by atoms with Crippen molar-refractivity contribution in [2.75, 3.05) is 38.0 Å². The third-order valence-corrected chi connectivity index (χ3v) is 6.88. The molecule has 1 aromatic rings. The zero-order chi connectivity index (χ0) is 19.7. The number of rotatable bonds is 3. The van der Waals surface area contributed by atoms with E-state index in [1.165, 1.54) is 22.6 Å². The first kappa shape index (κ1) is 18.9. The summed E-state index contributed by atoms with van der Waals surface area (Å²) in [5, 5.41) is 15.8. The molecule has 0 unspecified atom stereocenters. The second-order valence-electron chi connectivity index (χ2n) is 7.53. The second kappa shape index (κ2) is 7.89. The van der Waals surface area contributed by atoms with Crippen LogP contribution < -0.4 is 10.6 Å². The van der Waals surface area contributed by atoms with Gasteiger partial charge in [-0.2, -0.15) is 5.26 Å². The first-order valence-corrected chi connectivity index (χ1v) is 10.5. The quantitative estimate of drug-likeness (QED) is 0.566. The summed E-state index contributed by atoms with van der Waals surface area (Å²) < 4.78 is 0. The lowest BCUT2D eigenvalue weighted by Gasteiger charge is -2.43. The second-order valence-corrected chi connectivity index (χ2v) is 8.63. The Kier molecular flexibility index (Phi) is 5.33. The van der Waals surface area contributed by atoms with Crippen molar-refractivity contribution in [2.24, 2.45) is 0 Å². The summed E-state index contributed by atoms with van der Waals surface area (Å²) in [6.07, 6.45) is 5.30. The molecular weight excluding hydrogens is 378 g/mol. The molecular formula is C19H23N5O3S. The summed E-state index contributed by atoms with van der Waals surface area (Å²) in [5.41, 5.74) is 1.74. The van der Waals surface area contributed by atoms with E-state index in [2.05, 4.69) is 16.7 Å². The van der Waals surface area contributed by atoms with E-state index in [1.54, 1.807) is 4.90 Å². The third-order valence-electron chi connectivity index (χ3n) is 5.67. The van der Waals surface area contributed by atoms with Gasteiger partial charge in [0, 0.05) is 31.1 Å². The first-order chi connectivity index (χ1) is 13.6. The molecule has 2 aliphatic heterocycles. The number of hydrogen-bond acceptors (Lipinski definition) is 6. The van der Waals surface area contributed by atoms with Gasteiger partial charge in [-0.15, -0.1) is 11.3 Å². The lowest BCUT2D eigenvalue weighted by atomic mass is 10.1. The van der Waals surface area contributed by atoms with Crippen molar-refractivity contribution in [3.8, 4) is 6.07 Å². The van der Waals surface area contributed by atoms with E-state index >= 15 is 0 Å². The van der Waals surface area contributed by atoms with Crippen LogP contribution >= 0.6 is 11.3 Å². The molecule has 0 bridgehead atoms. The number of fused-ring (bicyclic) bond motifs is 2. The first-order valence-electron chi connectivity index (χ1n) is 9.72. The van der Waals surface area contributed by atoms with Crippen LogP contribution in [0, 0.1) is 11.3 Å². The van der Waals surface area contributed by atoms with Crippen molar-refractivity contribution in [3.63, 3.8) is 0 Å². The minimum atomic E-state index is -0.552. The summed E-state index contributed by atoms with van der Waals surface area (Å²) >= 11 is 1.54. The number of hydrogen-bond donors (Lipinski definition) is 2. The number of amides is 3. The maximum Gasteiger partial charge on any atom is 0.312 e. The number of anilines is 1. The van der Waals surface area contributed by atoms with Crippen LogP contribution in [0.2, 0.25) is 0 Å². The lowest BCUT2D eigenvalue weighted by Crippen LogP contribution is -2.65. The largest absolute Gasteiger partial charge is 0.346 e. The maximum absolute atomic E-state index is 12.6. The Labute approximate surface area is 167 Å². The molecule has 0 aromatic carbocycles. The number of aryl methyl sites for hydroxylation is 1. The van der Waals surface area contributed by atoms with Gasteiger partial charge in [0.2, 0.25) is 5.91 Å². The summed E-state index contributed by atoms with van der Waals surface area (Å²) in [6.45, 7) is 2.17. The number of thiophene rings is 1. The third kappa shape index (κ3) is 3.62. The molecule has 3 aliphatic rings. The summed E-state index contributed by atoms with van der Waals surface area (Å²) in [6, 6.07) is 2.19. The number of carbonyl (C=O) groups is 3. The molecule has 1 aromatic heterocycles. The van der Waals surface area contributed by atoms with Crippen LogP contribution in [0.5, 0.6) is 0 Å². The van der Waals surface area contributed by atoms with Crippen molar-refractivity contribution in [3.05, 3.63) is 16.0 Å². The number of carbonyl (C=O) groups excluding carboxylic acids is 3. The van der Waals surface area contributed by atoms with Gasteiger partial charge in [0.05, 0.1) is 18.2 Å². The SMILES string of the molecule is N#Cc1c(NC(=O)CN2CCN3C(=O)C(=O)NC[C@@H]3C2)sc2c1CCCCC2. The van der Waals surface area contributed by atoms with E-state index in [1.807, 2.05) is 4.90 Å². The molecule has 0 saturated carbocycles. The van der Waals surface area contributed by atoms with Gasteiger partial charge in [0.1, 0.15) is 11.1 Å². The molecule has 2 N–H and O–H groups in total. The van der Waals surface area contributed by atoms with Gasteiger partial charge in [-0.1, -0.05) is 6.42 Å². The molecule has 9 heteroatoms. The van der Waals surface area contributed by atoms with E-state index in [9.17, 15) is 19.6 Å². The van der Waals surface area contributed by atoms with Crippen LogP contribution in [0.1, 0.15) is 35.3 Å². The smallest absolute Gasteiger partial charge is 0.312 e. The minimum Gasteiger partial charge on any atom is -0.346 e. The fraction of sp³-hybridized carbons (Fsp3) is 0.579. The van der Waals surface area contributed by atoms with Crippen LogP contribution in [0.3, 0.4) is 0 Å². The average Bonchev–Trinajstić information content (AvgIpc) is 2.84. The highest BCUT2D eigenvalue weighted by molar-refractivity contribution is 7.16. The Morgan fingerprint density at radius 1 is 1.25 bits per heavy atom. The minimum absolute atomic E-state index is 0.0979. The van der Waals surface area contributed by atoms with Crippen molar-refractivity contribution >= 4 is 34.1 Å². The predicted molar refractivity (Wildman–Crippen MR) is 104 cm³/mol. The molecule has 3 amide bonds. The van der Waals surface area contributed by atoms with Gasteiger partial charge in [0.25, 0.3) is 0 Å². The normalized spacial score (nSPS) is 22.5. The van der Waals surface area contributed by atoms with Crippen molar-refractivity contribution in [1.29, 1.82) is 5.26 Å². The molecule has 1 atom stereocenters. The Balaban J connectivity index is 1.39. The molecule has 2 fully saturated rings. The molecule has 0 radical (unpaired) electrons. The molecule has 8 nitrogen and oxygen atoms in total. The zero-order valence-electron chi connectivity index (χ0n) is 15.6. The molecule has 1 aliphatic carbocycles. The van der Waals surface area contributed by atoms with Gasteiger partial charge in [-0.3, -0.25) is 19.3 Å². The van der Waals surface area contributed by atoms with Gasteiger partial charge >= 0.3 is 11.8 Å². The van der Waals surface area contributed by atoms with Crippen LogP contribution in [-0.4, -0.2) is 66.3 Å². The van der Waals surface area contributed by atoms with E-state index < -0.39 is 11.8 Å². The number of nitriles is 1. The standard InChI is InChI=1S/C19H23N5O3S/c20-8-14-13-4-2-1-3-5-15(13)28-18(14)22-16(25)11-23-6-7-24-12(10-23)9-21-17(26)19(24)27/h12H,1-7,9-11H2,(H,21,26)(H,22,25)/t12-/m1/s1. The fourth-order valence-electron chi connectivity index (χ4n) is 4.24. The monoisotopic (exact) mass is 401 g/mol. The Morgan fingerprint density at radius 3 is 2.89 bits per heavy atom. The molecule has 0 spiro atoms. The van der Waals surface area contributed by atoms with E-state index in [0.717, 1.165) is 31.2 Å². The van der Waals surface area contributed by atoms with Crippen LogP contribution in [0.25, 0.3) is 0 Å². The van der Waals surface area contributed by atoms with E-state index in [-0.39, 0.29) is 18.5 Å². The van der Waals surface area contributed by atoms with E-state index in [4.69, 9.17) is 0 Å². The molecule has 4 rings (SSSR count). The highest BCUT2D eigenvalue weighted by Crippen LogP contribution is 2.36. The Hall–Kier alpha value is -2.44. The van der Waals surface area contributed by atoms with Crippen molar-refractivity contribution in [2.45, 2.75) is 38.1 Å². The topological polar surface area (TPSA) is 106 Å². The highest BCUT2D eigenvalue weighted by atomic mass is 32.1. The summed E-state index contributed by atoms with van der Waals surface area (Å²) in [7, 11) is 0. The van der Waals surface area contributed by atoms with Crippen LogP contribution in [-0.2, 0) is 27.2 Å². The number of piperazine rings is 2.